The number of nitrogens with zero attached hydrogens (tertiary/aromatic N) is 1. The number of hydrogen-bond acceptors (Lipinski definition) is 3. The van der Waals surface area contributed by atoms with Crippen molar-refractivity contribution < 1.29 is 4.74 Å². The van der Waals surface area contributed by atoms with Crippen LogP contribution in [0.25, 0.3) is 0 Å². The Morgan fingerprint density at radius 2 is 2.35 bits per heavy atom. The first-order chi connectivity index (χ1) is 8.20. The fourth-order valence-electron chi connectivity index (χ4n) is 1.95. The van der Waals surface area contributed by atoms with Gasteiger partial charge in [-0.15, -0.1) is 0 Å². The van der Waals surface area contributed by atoms with E-state index in [9.17, 15) is 0 Å². The Morgan fingerprint density at radius 1 is 1.53 bits per heavy atom. The number of hydrogen-bond donors (Lipinski definition) is 1. The van der Waals surface area contributed by atoms with Gasteiger partial charge in [0.05, 0.1) is 10.6 Å². The summed E-state index contributed by atoms with van der Waals surface area (Å²) in [5.74, 6) is 1.26. The Hall–Kier alpha value is -1.24. The number of benzene rings is 1. The highest BCUT2D eigenvalue weighted by atomic mass is 35.5. The van der Waals surface area contributed by atoms with Crippen molar-refractivity contribution in [3.8, 4) is 11.8 Å². The van der Waals surface area contributed by atoms with E-state index in [0.717, 1.165) is 25.3 Å². The SMILES string of the molecule is CC1CCNCC1Oc1ccc(C#N)c(Cl)c1. The van der Waals surface area contributed by atoms with Gasteiger partial charge < -0.3 is 10.1 Å². The normalized spacial score (nSPS) is 24.1. The molecule has 0 amide bonds. The second kappa shape index (κ2) is 5.39. The van der Waals surface area contributed by atoms with E-state index in [1.54, 1.807) is 18.2 Å². The van der Waals surface area contributed by atoms with Crippen LogP contribution in [0.5, 0.6) is 5.75 Å². The first-order valence-electron chi connectivity index (χ1n) is 5.77. The summed E-state index contributed by atoms with van der Waals surface area (Å²) < 4.78 is 5.89. The largest absolute Gasteiger partial charge is 0.489 e. The number of ether oxygens (including phenoxy) is 1. The highest BCUT2D eigenvalue weighted by Gasteiger charge is 2.22. The number of rotatable bonds is 2. The third-order valence-corrected chi connectivity index (χ3v) is 3.42. The Kier molecular flexibility index (Phi) is 3.88. The molecule has 2 atom stereocenters. The van der Waals surface area contributed by atoms with Gasteiger partial charge in [-0.2, -0.15) is 5.26 Å². The van der Waals surface area contributed by atoms with Gasteiger partial charge in [-0.05, 0) is 31.0 Å². The molecule has 1 fully saturated rings. The highest BCUT2D eigenvalue weighted by Crippen LogP contribution is 2.25. The van der Waals surface area contributed by atoms with E-state index in [0.29, 0.717) is 16.5 Å². The summed E-state index contributed by atoms with van der Waals surface area (Å²) >= 11 is 5.97. The van der Waals surface area contributed by atoms with Gasteiger partial charge in [0.2, 0.25) is 0 Å². The lowest BCUT2D eigenvalue weighted by Gasteiger charge is -2.30. The van der Waals surface area contributed by atoms with Crippen LogP contribution in [0.1, 0.15) is 18.9 Å². The van der Waals surface area contributed by atoms with Crippen molar-refractivity contribution in [1.29, 1.82) is 5.26 Å². The summed E-state index contributed by atoms with van der Waals surface area (Å²) in [5.41, 5.74) is 0.480. The second-order valence-corrected chi connectivity index (χ2v) is 4.79. The van der Waals surface area contributed by atoms with Crippen LogP contribution in [0.15, 0.2) is 18.2 Å². The van der Waals surface area contributed by atoms with Crippen molar-refractivity contribution in [3.05, 3.63) is 28.8 Å². The highest BCUT2D eigenvalue weighted by molar-refractivity contribution is 6.31. The van der Waals surface area contributed by atoms with Gasteiger partial charge in [0.25, 0.3) is 0 Å². The molecule has 0 aliphatic carbocycles. The first kappa shape index (κ1) is 12.2. The van der Waals surface area contributed by atoms with E-state index in [1.165, 1.54) is 0 Å². The lowest BCUT2D eigenvalue weighted by Crippen LogP contribution is -2.42. The molecule has 1 saturated heterocycles. The third-order valence-electron chi connectivity index (χ3n) is 3.11. The van der Waals surface area contributed by atoms with Gasteiger partial charge in [0.15, 0.2) is 0 Å². The van der Waals surface area contributed by atoms with E-state index in [2.05, 4.69) is 12.2 Å². The fraction of sp³-hybridized carbons (Fsp3) is 0.462. The molecule has 3 nitrogen and oxygen atoms in total. The topological polar surface area (TPSA) is 45.0 Å². The Morgan fingerprint density at radius 3 is 3.00 bits per heavy atom. The summed E-state index contributed by atoms with van der Waals surface area (Å²) in [6.07, 6.45) is 1.29. The third kappa shape index (κ3) is 2.91. The number of nitrogens with one attached hydrogen (secondary N) is 1. The van der Waals surface area contributed by atoms with Crippen LogP contribution in [0, 0.1) is 17.2 Å². The summed E-state index contributed by atoms with van der Waals surface area (Å²) in [6.45, 7) is 4.10. The van der Waals surface area contributed by atoms with Gasteiger partial charge in [0, 0.05) is 12.6 Å². The van der Waals surface area contributed by atoms with Crippen LogP contribution in [0.2, 0.25) is 5.02 Å². The quantitative estimate of drug-likeness (QED) is 0.878. The molecule has 1 aliphatic rings. The van der Waals surface area contributed by atoms with Crippen LogP contribution in [-0.2, 0) is 0 Å². The molecule has 1 aliphatic heterocycles. The monoisotopic (exact) mass is 250 g/mol. The smallest absolute Gasteiger partial charge is 0.121 e. The molecule has 0 radical (unpaired) electrons. The van der Waals surface area contributed by atoms with Crippen molar-refractivity contribution in [1.82, 2.24) is 5.32 Å². The van der Waals surface area contributed by atoms with Crippen LogP contribution in [0.4, 0.5) is 0 Å². The average molecular weight is 251 g/mol. The Balaban J connectivity index is 2.08. The summed E-state index contributed by atoms with van der Waals surface area (Å²) in [5, 5.41) is 12.5. The van der Waals surface area contributed by atoms with Crippen molar-refractivity contribution in [2.24, 2.45) is 5.92 Å². The van der Waals surface area contributed by atoms with E-state index in [-0.39, 0.29) is 6.10 Å². The molecule has 2 rings (SSSR count). The second-order valence-electron chi connectivity index (χ2n) is 4.38. The lowest BCUT2D eigenvalue weighted by atomic mass is 9.97. The number of halogens is 1. The Labute approximate surface area is 106 Å². The fourth-order valence-corrected chi connectivity index (χ4v) is 2.17. The zero-order valence-corrected chi connectivity index (χ0v) is 10.5. The molecule has 0 saturated carbocycles. The van der Waals surface area contributed by atoms with Gasteiger partial charge >= 0.3 is 0 Å². The minimum Gasteiger partial charge on any atom is -0.489 e. The molecule has 90 valence electrons. The molecule has 1 aromatic rings. The van der Waals surface area contributed by atoms with Crippen LogP contribution >= 0.6 is 11.6 Å². The molecule has 4 heteroatoms. The minimum atomic E-state index is 0.174. The predicted molar refractivity (Wildman–Crippen MR) is 67.2 cm³/mol. The standard InChI is InChI=1S/C13H15ClN2O/c1-9-4-5-16-8-13(9)17-11-3-2-10(7-15)12(14)6-11/h2-3,6,9,13,16H,4-5,8H2,1H3. The molecule has 1 heterocycles. The zero-order chi connectivity index (χ0) is 12.3. The van der Waals surface area contributed by atoms with Crippen molar-refractivity contribution in [2.75, 3.05) is 13.1 Å². The molecule has 1 aromatic carbocycles. The molecular formula is C13H15ClN2O. The molecule has 2 unspecified atom stereocenters. The molecular weight excluding hydrogens is 236 g/mol. The van der Waals surface area contributed by atoms with E-state index < -0.39 is 0 Å². The van der Waals surface area contributed by atoms with Crippen LogP contribution in [-0.4, -0.2) is 19.2 Å². The average Bonchev–Trinajstić information content (AvgIpc) is 2.32. The first-order valence-corrected chi connectivity index (χ1v) is 6.15. The predicted octanol–water partition coefficient (Wildman–Crippen LogP) is 2.59. The maximum absolute atomic E-state index is 8.79. The van der Waals surface area contributed by atoms with Gasteiger partial charge in [0.1, 0.15) is 17.9 Å². The molecule has 0 spiro atoms. The summed E-state index contributed by atoms with van der Waals surface area (Å²) in [7, 11) is 0. The molecule has 0 bridgehead atoms. The maximum Gasteiger partial charge on any atom is 0.121 e. The number of nitriles is 1. The molecule has 0 aromatic heterocycles. The van der Waals surface area contributed by atoms with Crippen molar-refractivity contribution >= 4 is 11.6 Å². The van der Waals surface area contributed by atoms with Crippen molar-refractivity contribution in [2.45, 2.75) is 19.4 Å². The van der Waals surface area contributed by atoms with Crippen molar-refractivity contribution in [3.63, 3.8) is 0 Å². The summed E-state index contributed by atoms with van der Waals surface area (Å²) in [4.78, 5) is 0. The van der Waals surface area contributed by atoms with Gasteiger partial charge in [-0.1, -0.05) is 18.5 Å². The molecule has 17 heavy (non-hydrogen) atoms. The van der Waals surface area contributed by atoms with Gasteiger partial charge in [-0.25, -0.2) is 0 Å². The summed E-state index contributed by atoms with van der Waals surface area (Å²) in [6, 6.07) is 7.24. The minimum absolute atomic E-state index is 0.174. The van der Waals surface area contributed by atoms with Gasteiger partial charge in [-0.3, -0.25) is 0 Å². The van der Waals surface area contributed by atoms with E-state index in [1.807, 2.05) is 6.07 Å². The lowest BCUT2D eigenvalue weighted by molar-refractivity contribution is 0.115. The van der Waals surface area contributed by atoms with E-state index >= 15 is 0 Å². The van der Waals surface area contributed by atoms with E-state index in [4.69, 9.17) is 21.6 Å². The Bertz CT molecular complexity index is 442. The maximum atomic E-state index is 8.79. The van der Waals surface area contributed by atoms with Crippen LogP contribution < -0.4 is 10.1 Å². The molecule has 1 N–H and O–H groups in total. The zero-order valence-electron chi connectivity index (χ0n) is 9.74. The van der Waals surface area contributed by atoms with Crippen LogP contribution in [0.3, 0.4) is 0 Å². The number of piperidine rings is 1.